The second-order valence-electron chi connectivity index (χ2n) is 3.79. The van der Waals surface area contributed by atoms with Crippen LogP contribution in [0.25, 0.3) is 10.2 Å². The van der Waals surface area contributed by atoms with Crippen molar-refractivity contribution in [3.63, 3.8) is 0 Å². The van der Waals surface area contributed by atoms with Crippen LogP contribution in [0.5, 0.6) is 0 Å². The number of carboxylic acid groups (broad SMARTS) is 1. The first kappa shape index (κ1) is 10.5. The molecule has 0 saturated heterocycles. The second-order valence-corrected chi connectivity index (χ2v) is 4.70. The fourth-order valence-corrected chi connectivity index (χ4v) is 2.97. The molecule has 0 radical (unpaired) electrons. The lowest BCUT2D eigenvalue weighted by Gasteiger charge is -2.24. The summed E-state index contributed by atoms with van der Waals surface area (Å²) >= 11 is 1.61. The SMILES string of the molecule is O=C(O)NCC1OCCn2nc3ccsc3c21. The van der Waals surface area contributed by atoms with Crippen LogP contribution >= 0.6 is 11.3 Å². The first-order chi connectivity index (χ1) is 8.25. The number of amides is 1. The summed E-state index contributed by atoms with van der Waals surface area (Å²) in [6, 6.07) is 1.97. The zero-order chi connectivity index (χ0) is 11.8. The van der Waals surface area contributed by atoms with E-state index in [2.05, 4.69) is 10.4 Å². The maximum atomic E-state index is 10.5. The summed E-state index contributed by atoms with van der Waals surface area (Å²) in [5.74, 6) is 0. The molecular formula is C10H11N3O3S. The van der Waals surface area contributed by atoms with E-state index < -0.39 is 6.09 Å². The van der Waals surface area contributed by atoms with Crippen LogP contribution < -0.4 is 5.32 Å². The molecule has 0 aliphatic carbocycles. The molecule has 0 bridgehead atoms. The van der Waals surface area contributed by atoms with E-state index in [1.54, 1.807) is 11.3 Å². The highest BCUT2D eigenvalue weighted by molar-refractivity contribution is 7.17. The monoisotopic (exact) mass is 253 g/mol. The molecule has 1 amide bonds. The standard InChI is InChI=1S/C10H11N3O3S/c14-10(15)11-5-7-8-9-6(1-4-17-9)12-13(8)2-3-16-7/h1,4,7,11H,2-3,5H2,(H,14,15). The Morgan fingerprint density at radius 2 is 2.65 bits per heavy atom. The van der Waals surface area contributed by atoms with Crippen molar-refractivity contribution in [1.29, 1.82) is 0 Å². The van der Waals surface area contributed by atoms with Crippen molar-refractivity contribution in [2.24, 2.45) is 0 Å². The van der Waals surface area contributed by atoms with Gasteiger partial charge in [0.05, 0.1) is 30.1 Å². The number of hydrogen-bond acceptors (Lipinski definition) is 4. The summed E-state index contributed by atoms with van der Waals surface area (Å²) in [5.41, 5.74) is 1.94. The Hall–Kier alpha value is -1.60. The largest absolute Gasteiger partial charge is 0.465 e. The lowest BCUT2D eigenvalue weighted by atomic mass is 10.2. The molecule has 0 saturated carbocycles. The van der Waals surface area contributed by atoms with Crippen molar-refractivity contribution in [2.45, 2.75) is 12.6 Å². The Balaban J connectivity index is 1.96. The third kappa shape index (κ3) is 1.77. The highest BCUT2D eigenvalue weighted by atomic mass is 32.1. The Kier molecular flexibility index (Phi) is 2.49. The molecule has 0 spiro atoms. The zero-order valence-corrected chi connectivity index (χ0v) is 9.74. The van der Waals surface area contributed by atoms with Gasteiger partial charge in [0, 0.05) is 0 Å². The van der Waals surface area contributed by atoms with Crippen molar-refractivity contribution in [3.8, 4) is 0 Å². The molecule has 90 valence electrons. The van der Waals surface area contributed by atoms with E-state index in [1.165, 1.54) is 0 Å². The molecule has 6 nitrogen and oxygen atoms in total. The van der Waals surface area contributed by atoms with Gasteiger partial charge in [-0.3, -0.25) is 4.68 Å². The highest BCUT2D eigenvalue weighted by Crippen LogP contribution is 2.32. The fraction of sp³-hybridized carbons (Fsp3) is 0.400. The van der Waals surface area contributed by atoms with Crippen molar-refractivity contribution in [3.05, 3.63) is 17.1 Å². The second kappa shape index (κ2) is 4.01. The lowest BCUT2D eigenvalue weighted by Crippen LogP contribution is -2.32. The minimum absolute atomic E-state index is 0.247. The highest BCUT2D eigenvalue weighted by Gasteiger charge is 2.26. The van der Waals surface area contributed by atoms with E-state index in [0.29, 0.717) is 6.61 Å². The zero-order valence-electron chi connectivity index (χ0n) is 8.92. The molecule has 1 aliphatic rings. The molecule has 2 N–H and O–H groups in total. The van der Waals surface area contributed by atoms with Gasteiger partial charge in [0.1, 0.15) is 11.6 Å². The molecule has 3 rings (SSSR count). The molecule has 0 fully saturated rings. The molecule has 1 atom stereocenters. The number of carbonyl (C=O) groups is 1. The van der Waals surface area contributed by atoms with Gasteiger partial charge >= 0.3 is 6.09 Å². The van der Waals surface area contributed by atoms with E-state index in [-0.39, 0.29) is 12.6 Å². The first-order valence-electron chi connectivity index (χ1n) is 5.28. The van der Waals surface area contributed by atoms with Gasteiger partial charge in [-0.1, -0.05) is 0 Å². The number of thiophene rings is 1. The summed E-state index contributed by atoms with van der Waals surface area (Å²) in [6.45, 7) is 1.54. The predicted octanol–water partition coefficient (Wildman–Crippen LogP) is 1.44. The fourth-order valence-electron chi connectivity index (χ4n) is 2.05. The van der Waals surface area contributed by atoms with Gasteiger partial charge in [-0.2, -0.15) is 5.10 Å². The normalized spacial score (nSPS) is 19.2. The maximum Gasteiger partial charge on any atom is 0.404 e. The van der Waals surface area contributed by atoms with Crippen molar-refractivity contribution in [1.82, 2.24) is 15.1 Å². The van der Waals surface area contributed by atoms with Gasteiger partial charge in [-0.25, -0.2) is 4.79 Å². The number of nitrogens with one attached hydrogen (secondary N) is 1. The number of aromatic nitrogens is 2. The third-order valence-electron chi connectivity index (χ3n) is 2.75. The van der Waals surface area contributed by atoms with E-state index >= 15 is 0 Å². The van der Waals surface area contributed by atoms with Crippen LogP contribution in [0.1, 0.15) is 11.8 Å². The van der Waals surface area contributed by atoms with E-state index in [4.69, 9.17) is 9.84 Å². The molecule has 2 aromatic rings. The van der Waals surface area contributed by atoms with E-state index in [1.807, 2.05) is 16.1 Å². The Morgan fingerprint density at radius 1 is 1.76 bits per heavy atom. The number of rotatable bonds is 2. The molecule has 1 aliphatic heterocycles. The lowest BCUT2D eigenvalue weighted by molar-refractivity contribution is 0.0189. The summed E-state index contributed by atoms with van der Waals surface area (Å²) < 4.78 is 8.61. The van der Waals surface area contributed by atoms with Crippen LogP contribution in [-0.2, 0) is 11.3 Å². The van der Waals surface area contributed by atoms with Crippen LogP contribution in [0.2, 0.25) is 0 Å². The predicted molar refractivity (Wildman–Crippen MR) is 62.3 cm³/mol. The summed E-state index contributed by atoms with van der Waals surface area (Å²) in [6.07, 6.45) is -1.28. The number of ether oxygens (including phenoxy) is 1. The van der Waals surface area contributed by atoms with Gasteiger partial charge in [-0.15, -0.1) is 11.3 Å². The van der Waals surface area contributed by atoms with Gasteiger partial charge in [0.25, 0.3) is 0 Å². The summed E-state index contributed by atoms with van der Waals surface area (Å²) in [5, 5.41) is 17.4. The maximum absolute atomic E-state index is 10.5. The van der Waals surface area contributed by atoms with E-state index in [0.717, 1.165) is 22.5 Å². The molecule has 0 aromatic carbocycles. The minimum Gasteiger partial charge on any atom is -0.465 e. The van der Waals surface area contributed by atoms with Crippen LogP contribution in [0.15, 0.2) is 11.4 Å². The van der Waals surface area contributed by atoms with Crippen LogP contribution in [-0.4, -0.2) is 34.1 Å². The van der Waals surface area contributed by atoms with Gasteiger partial charge in [-0.05, 0) is 11.4 Å². The van der Waals surface area contributed by atoms with Gasteiger partial charge < -0.3 is 15.2 Å². The molecule has 7 heteroatoms. The Bertz CT molecular complexity index is 562. The van der Waals surface area contributed by atoms with Gasteiger partial charge in [0.15, 0.2) is 0 Å². The number of fused-ring (bicyclic) bond motifs is 3. The minimum atomic E-state index is -1.03. The van der Waals surface area contributed by atoms with Crippen LogP contribution in [0.4, 0.5) is 4.79 Å². The molecule has 2 aromatic heterocycles. The molecule has 1 unspecified atom stereocenters. The number of hydrogen-bond donors (Lipinski definition) is 2. The molecule has 17 heavy (non-hydrogen) atoms. The van der Waals surface area contributed by atoms with Crippen molar-refractivity contribution >= 4 is 27.6 Å². The Morgan fingerprint density at radius 3 is 3.47 bits per heavy atom. The summed E-state index contributed by atoms with van der Waals surface area (Å²) in [7, 11) is 0. The van der Waals surface area contributed by atoms with Crippen LogP contribution in [0, 0.1) is 0 Å². The van der Waals surface area contributed by atoms with E-state index in [9.17, 15) is 4.79 Å². The van der Waals surface area contributed by atoms with Crippen molar-refractivity contribution < 1.29 is 14.6 Å². The topological polar surface area (TPSA) is 76.4 Å². The quantitative estimate of drug-likeness (QED) is 0.849. The van der Waals surface area contributed by atoms with Crippen molar-refractivity contribution in [2.75, 3.05) is 13.2 Å². The third-order valence-corrected chi connectivity index (χ3v) is 3.68. The molecular weight excluding hydrogens is 242 g/mol. The van der Waals surface area contributed by atoms with Gasteiger partial charge in [0.2, 0.25) is 0 Å². The van der Waals surface area contributed by atoms with Crippen LogP contribution in [0.3, 0.4) is 0 Å². The average Bonchev–Trinajstić information content (AvgIpc) is 2.85. The molecule has 3 heterocycles. The average molecular weight is 253 g/mol. The Labute approximate surface area is 101 Å². The smallest absolute Gasteiger partial charge is 0.404 e. The number of nitrogens with zero attached hydrogens (tertiary/aromatic N) is 2. The first-order valence-corrected chi connectivity index (χ1v) is 6.16. The summed E-state index contributed by atoms with van der Waals surface area (Å²) in [4.78, 5) is 10.5.